The van der Waals surface area contributed by atoms with Crippen LogP contribution in [0.4, 0.5) is 0 Å². The third-order valence-corrected chi connectivity index (χ3v) is 6.33. The lowest BCUT2D eigenvalue weighted by molar-refractivity contribution is 0.0987. The number of benzene rings is 2. The number of Topliss-reactive ketones (excluding diaryl/α,β-unsaturated/α-hetero) is 1. The Morgan fingerprint density at radius 2 is 1.92 bits per heavy atom. The monoisotopic (exact) mass is 484 g/mol. The molecule has 0 bridgehead atoms. The van der Waals surface area contributed by atoms with E-state index in [0.29, 0.717) is 16.9 Å². The van der Waals surface area contributed by atoms with Gasteiger partial charge in [0.2, 0.25) is 0 Å². The minimum atomic E-state index is -0.633. The molecule has 2 unspecified atom stereocenters. The fourth-order valence-electron chi connectivity index (χ4n) is 2.31. The number of carbonyl (C=O) groups is 1. The molecule has 0 saturated heterocycles. The summed E-state index contributed by atoms with van der Waals surface area (Å²) in [4.78, 5) is 11.9. The zero-order valence-corrected chi connectivity index (χ0v) is 17.2. The number of phenolic OH excluding ortho intramolecular Hbond substituents is 2. The van der Waals surface area contributed by atoms with Gasteiger partial charge < -0.3 is 19.7 Å². The van der Waals surface area contributed by atoms with Crippen molar-refractivity contribution in [1.82, 2.24) is 0 Å². The highest BCUT2D eigenvalue weighted by molar-refractivity contribution is 9.12. The average molecular weight is 486 g/mol. The van der Waals surface area contributed by atoms with Crippen LogP contribution in [0.15, 0.2) is 49.1 Å². The van der Waals surface area contributed by atoms with Crippen LogP contribution in [0, 0.1) is 0 Å². The zero-order valence-electron chi connectivity index (χ0n) is 14.0. The van der Waals surface area contributed by atoms with E-state index in [-0.39, 0.29) is 29.6 Å². The second-order valence-electron chi connectivity index (χ2n) is 5.38. The molecule has 138 valence electrons. The van der Waals surface area contributed by atoms with Crippen LogP contribution >= 0.6 is 31.9 Å². The summed E-state index contributed by atoms with van der Waals surface area (Å²) in [6, 6.07) is 9.24. The first-order valence-corrected chi connectivity index (χ1v) is 9.48. The van der Waals surface area contributed by atoms with E-state index in [1.807, 2.05) is 0 Å². The van der Waals surface area contributed by atoms with Gasteiger partial charge in [-0.25, -0.2) is 0 Å². The van der Waals surface area contributed by atoms with E-state index in [4.69, 9.17) is 9.47 Å². The molecule has 0 aliphatic carbocycles. The Balaban J connectivity index is 2.28. The maximum atomic E-state index is 12.9. The average Bonchev–Trinajstić information content (AvgIpc) is 2.64. The predicted molar refractivity (Wildman–Crippen MR) is 107 cm³/mol. The highest BCUT2D eigenvalue weighted by atomic mass is 79.9. The Morgan fingerprint density at radius 3 is 2.54 bits per heavy atom. The van der Waals surface area contributed by atoms with Crippen molar-refractivity contribution in [1.29, 1.82) is 0 Å². The lowest BCUT2D eigenvalue weighted by atomic mass is 10.0. The minimum Gasteiger partial charge on any atom is -0.508 e. The molecule has 2 atom stereocenters. The van der Waals surface area contributed by atoms with Crippen molar-refractivity contribution in [2.45, 2.75) is 9.65 Å². The Bertz CT molecular complexity index is 807. The van der Waals surface area contributed by atoms with Gasteiger partial charge in [0.15, 0.2) is 17.3 Å². The number of halogens is 2. The molecular formula is C19H18Br2O5. The van der Waals surface area contributed by atoms with Crippen LogP contribution in [0.1, 0.15) is 20.7 Å². The van der Waals surface area contributed by atoms with Crippen molar-refractivity contribution in [2.24, 2.45) is 0 Å². The summed E-state index contributed by atoms with van der Waals surface area (Å²) in [7, 11) is 1.47. The van der Waals surface area contributed by atoms with Gasteiger partial charge in [0.25, 0.3) is 0 Å². The van der Waals surface area contributed by atoms with Crippen LogP contribution in [-0.2, 0) is 0 Å². The van der Waals surface area contributed by atoms with Crippen LogP contribution in [0.2, 0.25) is 0 Å². The molecule has 2 aromatic carbocycles. The van der Waals surface area contributed by atoms with Gasteiger partial charge in [0.1, 0.15) is 18.1 Å². The Hall–Kier alpha value is -1.99. The molecule has 0 amide bonds. The molecule has 0 aliphatic heterocycles. The van der Waals surface area contributed by atoms with Crippen molar-refractivity contribution < 1.29 is 24.5 Å². The summed E-state index contributed by atoms with van der Waals surface area (Å²) in [5.41, 5.74) is 1.03. The quantitative estimate of drug-likeness (QED) is 0.320. The van der Waals surface area contributed by atoms with Crippen molar-refractivity contribution >= 4 is 37.6 Å². The SMILES string of the molecule is C=CCOc1cc(O)ccc1C(=O)C(Br)C(Br)c1ccc(OC)c(O)c1. The number of phenols is 2. The summed E-state index contributed by atoms with van der Waals surface area (Å²) in [6.45, 7) is 3.78. The Kier molecular flexibility index (Phi) is 7.11. The molecule has 5 nitrogen and oxygen atoms in total. The smallest absolute Gasteiger partial charge is 0.181 e. The van der Waals surface area contributed by atoms with E-state index in [0.717, 1.165) is 0 Å². The van der Waals surface area contributed by atoms with Crippen molar-refractivity contribution in [3.05, 3.63) is 60.2 Å². The van der Waals surface area contributed by atoms with Gasteiger partial charge in [-0.05, 0) is 29.8 Å². The zero-order chi connectivity index (χ0) is 19.3. The number of aromatic hydroxyl groups is 2. The van der Waals surface area contributed by atoms with E-state index < -0.39 is 9.65 Å². The molecule has 0 heterocycles. The minimum absolute atomic E-state index is 0.00204. The van der Waals surface area contributed by atoms with E-state index in [1.165, 1.54) is 31.4 Å². The maximum absolute atomic E-state index is 12.9. The first-order chi connectivity index (χ1) is 12.4. The van der Waals surface area contributed by atoms with Crippen LogP contribution < -0.4 is 9.47 Å². The van der Waals surface area contributed by atoms with Gasteiger partial charge in [-0.1, -0.05) is 50.6 Å². The summed E-state index contributed by atoms with van der Waals surface area (Å²) in [6.07, 6.45) is 1.55. The van der Waals surface area contributed by atoms with Crippen molar-refractivity contribution in [3.63, 3.8) is 0 Å². The summed E-state index contributed by atoms with van der Waals surface area (Å²) in [5, 5.41) is 19.6. The lowest BCUT2D eigenvalue weighted by Gasteiger charge is -2.19. The molecule has 0 aliphatic rings. The number of rotatable bonds is 8. The number of ketones is 1. The molecule has 0 saturated carbocycles. The van der Waals surface area contributed by atoms with Gasteiger partial charge in [-0.15, -0.1) is 0 Å². The number of ether oxygens (including phenoxy) is 2. The van der Waals surface area contributed by atoms with E-state index >= 15 is 0 Å². The predicted octanol–water partition coefficient (Wildman–Crippen LogP) is 4.75. The number of carbonyl (C=O) groups excluding carboxylic acids is 1. The van der Waals surface area contributed by atoms with Gasteiger partial charge in [-0.2, -0.15) is 0 Å². The second-order valence-corrected chi connectivity index (χ2v) is 7.35. The van der Waals surface area contributed by atoms with Crippen molar-refractivity contribution in [2.75, 3.05) is 13.7 Å². The first kappa shape index (κ1) is 20.3. The number of methoxy groups -OCH3 is 1. The fraction of sp³-hybridized carbons (Fsp3) is 0.211. The number of hydrogen-bond acceptors (Lipinski definition) is 5. The van der Waals surface area contributed by atoms with Crippen molar-refractivity contribution in [3.8, 4) is 23.0 Å². The molecule has 0 spiro atoms. The van der Waals surface area contributed by atoms with E-state index in [9.17, 15) is 15.0 Å². The second kappa shape index (κ2) is 9.09. The van der Waals surface area contributed by atoms with Gasteiger partial charge in [0.05, 0.1) is 22.3 Å². The third kappa shape index (κ3) is 4.59. The maximum Gasteiger partial charge on any atom is 0.181 e. The third-order valence-electron chi connectivity index (χ3n) is 3.62. The summed E-state index contributed by atoms with van der Waals surface area (Å²) in [5.74, 6) is 0.380. The highest BCUT2D eigenvalue weighted by Crippen LogP contribution is 2.38. The Morgan fingerprint density at radius 1 is 1.19 bits per heavy atom. The summed E-state index contributed by atoms with van der Waals surface area (Å²) < 4.78 is 10.5. The molecule has 2 aromatic rings. The largest absolute Gasteiger partial charge is 0.508 e. The van der Waals surface area contributed by atoms with Crippen LogP contribution in [0.5, 0.6) is 23.0 Å². The first-order valence-electron chi connectivity index (χ1n) is 7.65. The molecule has 2 N–H and O–H groups in total. The molecule has 0 aromatic heterocycles. The number of hydrogen-bond donors (Lipinski definition) is 2. The Labute approximate surface area is 168 Å². The van der Waals surface area contributed by atoms with Crippen LogP contribution in [-0.4, -0.2) is 34.5 Å². The van der Waals surface area contributed by atoms with Gasteiger partial charge >= 0.3 is 0 Å². The molecule has 0 radical (unpaired) electrons. The topological polar surface area (TPSA) is 76.0 Å². The van der Waals surface area contributed by atoms with Gasteiger partial charge in [0, 0.05) is 6.07 Å². The highest BCUT2D eigenvalue weighted by Gasteiger charge is 2.29. The molecule has 7 heteroatoms. The fourth-order valence-corrected chi connectivity index (χ4v) is 3.39. The molecular weight excluding hydrogens is 468 g/mol. The number of alkyl halides is 2. The molecule has 0 fully saturated rings. The molecule has 26 heavy (non-hydrogen) atoms. The standard InChI is InChI=1S/C19H18Br2O5/c1-3-8-26-16-10-12(22)5-6-13(16)19(24)18(21)17(20)11-4-7-15(25-2)14(23)9-11/h3-7,9-10,17-18,22-23H,1,8H2,2H3. The summed E-state index contributed by atoms with van der Waals surface area (Å²) >= 11 is 6.91. The van der Waals surface area contributed by atoms with E-state index in [1.54, 1.807) is 18.2 Å². The normalized spacial score (nSPS) is 12.9. The van der Waals surface area contributed by atoms with E-state index in [2.05, 4.69) is 38.4 Å². The molecule has 2 rings (SSSR count). The van der Waals surface area contributed by atoms with Gasteiger partial charge in [-0.3, -0.25) is 4.79 Å². The lowest BCUT2D eigenvalue weighted by Crippen LogP contribution is -2.20. The van der Waals surface area contributed by atoms with Crippen LogP contribution in [0.25, 0.3) is 0 Å². The van der Waals surface area contributed by atoms with Crippen LogP contribution in [0.3, 0.4) is 0 Å².